The van der Waals surface area contributed by atoms with Crippen molar-refractivity contribution in [3.05, 3.63) is 64.5 Å². The Morgan fingerprint density at radius 1 is 1.25 bits per heavy atom. The molecule has 0 saturated heterocycles. The lowest BCUT2D eigenvalue weighted by molar-refractivity contribution is 0.0696. The van der Waals surface area contributed by atoms with Gasteiger partial charge in [0.05, 0.1) is 5.56 Å². The molecule has 0 fully saturated rings. The summed E-state index contributed by atoms with van der Waals surface area (Å²) in [4.78, 5) is 11.1. The molecule has 20 heavy (non-hydrogen) atoms. The molecule has 2 rings (SSSR count). The van der Waals surface area contributed by atoms with E-state index >= 15 is 0 Å². The number of carboxylic acids is 1. The van der Waals surface area contributed by atoms with Gasteiger partial charge in [-0.2, -0.15) is 0 Å². The summed E-state index contributed by atoms with van der Waals surface area (Å²) in [6.45, 7) is 4.12. The van der Waals surface area contributed by atoms with E-state index in [0.717, 1.165) is 16.8 Å². The van der Waals surface area contributed by atoms with Crippen LogP contribution in [-0.2, 0) is 6.54 Å². The summed E-state index contributed by atoms with van der Waals surface area (Å²) in [6, 6.07) is 9.71. The number of anilines is 1. The third-order valence-electron chi connectivity index (χ3n) is 3.34. The molecule has 4 heteroatoms. The van der Waals surface area contributed by atoms with Crippen molar-refractivity contribution >= 4 is 11.7 Å². The van der Waals surface area contributed by atoms with E-state index in [1.807, 2.05) is 13.0 Å². The van der Waals surface area contributed by atoms with Gasteiger partial charge in [0, 0.05) is 12.2 Å². The van der Waals surface area contributed by atoms with E-state index in [1.165, 1.54) is 12.1 Å². The van der Waals surface area contributed by atoms with Gasteiger partial charge >= 0.3 is 5.97 Å². The lowest BCUT2D eigenvalue weighted by Gasteiger charge is -2.13. The molecule has 104 valence electrons. The molecule has 0 unspecified atom stereocenters. The Morgan fingerprint density at radius 2 is 2.00 bits per heavy atom. The van der Waals surface area contributed by atoms with E-state index < -0.39 is 5.97 Å². The smallest absolute Gasteiger partial charge is 0.336 e. The average molecular weight is 273 g/mol. The van der Waals surface area contributed by atoms with Crippen LogP contribution in [0.1, 0.15) is 27.0 Å². The molecule has 0 spiro atoms. The van der Waals surface area contributed by atoms with Gasteiger partial charge in [-0.1, -0.05) is 12.1 Å². The third-order valence-corrected chi connectivity index (χ3v) is 3.34. The molecule has 2 aromatic carbocycles. The van der Waals surface area contributed by atoms with Crippen molar-refractivity contribution in [1.29, 1.82) is 0 Å². The van der Waals surface area contributed by atoms with Crippen LogP contribution in [0.5, 0.6) is 0 Å². The van der Waals surface area contributed by atoms with Crippen LogP contribution in [0.3, 0.4) is 0 Å². The third kappa shape index (κ3) is 2.96. The molecule has 0 atom stereocenters. The highest BCUT2D eigenvalue weighted by molar-refractivity contribution is 5.91. The van der Waals surface area contributed by atoms with E-state index in [2.05, 4.69) is 5.32 Å². The SMILES string of the molecule is Cc1ccc(F)cc1CNc1cccc(C(=O)O)c1C. The quantitative estimate of drug-likeness (QED) is 0.891. The molecule has 0 aliphatic heterocycles. The monoisotopic (exact) mass is 273 g/mol. The molecule has 0 aliphatic carbocycles. The number of halogens is 1. The molecule has 3 nitrogen and oxygen atoms in total. The normalized spacial score (nSPS) is 10.3. The van der Waals surface area contributed by atoms with Gasteiger partial charge in [0.25, 0.3) is 0 Å². The minimum Gasteiger partial charge on any atom is -0.478 e. The molecule has 0 amide bonds. The average Bonchev–Trinajstić information content (AvgIpc) is 2.41. The van der Waals surface area contributed by atoms with E-state index in [4.69, 9.17) is 5.11 Å². The molecular weight excluding hydrogens is 257 g/mol. The summed E-state index contributed by atoms with van der Waals surface area (Å²) in [6.07, 6.45) is 0. The molecule has 0 aliphatic rings. The van der Waals surface area contributed by atoms with Gasteiger partial charge < -0.3 is 10.4 Å². The summed E-state index contributed by atoms with van der Waals surface area (Å²) >= 11 is 0. The van der Waals surface area contributed by atoms with Crippen LogP contribution in [-0.4, -0.2) is 11.1 Å². The number of carbonyl (C=O) groups is 1. The summed E-state index contributed by atoms with van der Waals surface area (Å²) in [5.74, 6) is -1.23. The molecule has 0 radical (unpaired) electrons. The van der Waals surface area contributed by atoms with E-state index in [9.17, 15) is 9.18 Å². The minimum atomic E-state index is -0.951. The fourth-order valence-corrected chi connectivity index (χ4v) is 2.08. The largest absolute Gasteiger partial charge is 0.478 e. The van der Waals surface area contributed by atoms with Gasteiger partial charge in [-0.15, -0.1) is 0 Å². The Labute approximate surface area is 117 Å². The van der Waals surface area contributed by atoms with E-state index in [0.29, 0.717) is 12.1 Å². The minimum absolute atomic E-state index is 0.269. The summed E-state index contributed by atoms with van der Waals surface area (Å²) in [5, 5.41) is 12.2. The Morgan fingerprint density at radius 3 is 2.70 bits per heavy atom. The molecule has 0 heterocycles. The van der Waals surface area contributed by atoms with Crippen molar-refractivity contribution < 1.29 is 14.3 Å². The number of rotatable bonds is 4. The number of aryl methyl sites for hydroxylation is 1. The second kappa shape index (κ2) is 5.74. The van der Waals surface area contributed by atoms with Crippen LogP contribution in [0.25, 0.3) is 0 Å². The first kappa shape index (κ1) is 14.1. The molecule has 2 aromatic rings. The molecule has 2 N–H and O–H groups in total. The fourth-order valence-electron chi connectivity index (χ4n) is 2.08. The molecule has 0 bridgehead atoms. The predicted octanol–water partition coefficient (Wildman–Crippen LogP) is 3.75. The zero-order valence-corrected chi connectivity index (χ0v) is 11.4. The Hall–Kier alpha value is -2.36. The summed E-state index contributed by atoms with van der Waals surface area (Å²) < 4.78 is 13.2. The standard InChI is InChI=1S/C16H16FNO2/c1-10-6-7-13(17)8-12(10)9-18-15-5-3-4-14(11(15)2)16(19)20/h3-8,18H,9H2,1-2H3,(H,19,20). The number of carboxylic acid groups (broad SMARTS) is 1. The van der Waals surface area contributed by atoms with Crippen LogP contribution < -0.4 is 5.32 Å². The lowest BCUT2D eigenvalue weighted by Crippen LogP contribution is -2.06. The maximum absolute atomic E-state index is 13.2. The highest BCUT2D eigenvalue weighted by atomic mass is 19.1. The zero-order chi connectivity index (χ0) is 14.7. The van der Waals surface area contributed by atoms with Crippen molar-refractivity contribution in [2.75, 3.05) is 5.32 Å². The zero-order valence-electron chi connectivity index (χ0n) is 11.4. The van der Waals surface area contributed by atoms with Crippen LogP contribution in [0.4, 0.5) is 10.1 Å². The number of nitrogens with one attached hydrogen (secondary N) is 1. The first-order chi connectivity index (χ1) is 9.49. The van der Waals surface area contributed by atoms with Gasteiger partial charge in [0.15, 0.2) is 0 Å². The first-order valence-corrected chi connectivity index (χ1v) is 6.31. The van der Waals surface area contributed by atoms with Gasteiger partial charge in [0.1, 0.15) is 5.82 Å². The number of hydrogen-bond donors (Lipinski definition) is 2. The molecule has 0 saturated carbocycles. The van der Waals surface area contributed by atoms with Gasteiger partial charge in [0.2, 0.25) is 0 Å². The topological polar surface area (TPSA) is 49.3 Å². The Balaban J connectivity index is 2.21. The second-order valence-electron chi connectivity index (χ2n) is 4.71. The molecular formula is C16H16FNO2. The van der Waals surface area contributed by atoms with Crippen molar-refractivity contribution in [1.82, 2.24) is 0 Å². The van der Waals surface area contributed by atoms with Gasteiger partial charge in [-0.3, -0.25) is 0 Å². The Bertz CT molecular complexity index is 653. The Kier molecular flexibility index (Phi) is 4.03. The highest BCUT2D eigenvalue weighted by Gasteiger charge is 2.10. The lowest BCUT2D eigenvalue weighted by atomic mass is 10.1. The molecule has 0 aromatic heterocycles. The number of aromatic carboxylic acids is 1. The highest BCUT2D eigenvalue weighted by Crippen LogP contribution is 2.20. The van der Waals surface area contributed by atoms with E-state index in [-0.39, 0.29) is 11.4 Å². The first-order valence-electron chi connectivity index (χ1n) is 6.31. The van der Waals surface area contributed by atoms with Gasteiger partial charge in [-0.05, 0) is 54.8 Å². The number of hydrogen-bond acceptors (Lipinski definition) is 2. The van der Waals surface area contributed by atoms with Crippen LogP contribution >= 0.6 is 0 Å². The number of benzene rings is 2. The maximum atomic E-state index is 13.2. The van der Waals surface area contributed by atoms with Crippen molar-refractivity contribution in [2.24, 2.45) is 0 Å². The van der Waals surface area contributed by atoms with Crippen LogP contribution in [0.2, 0.25) is 0 Å². The maximum Gasteiger partial charge on any atom is 0.336 e. The van der Waals surface area contributed by atoms with Crippen LogP contribution in [0.15, 0.2) is 36.4 Å². The second-order valence-corrected chi connectivity index (χ2v) is 4.71. The van der Waals surface area contributed by atoms with Crippen molar-refractivity contribution in [2.45, 2.75) is 20.4 Å². The van der Waals surface area contributed by atoms with Gasteiger partial charge in [-0.25, -0.2) is 9.18 Å². The van der Waals surface area contributed by atoms with E-state index in [1.54, 1.807) is 25.1 Å². The summed E-state index contributed by atoms with van der Waals surface area (Å²) in [7, 11) is 0. The van der Waals surface area contributed by atoms with Crippen LogP contribution in [0, 0.1) is 19.7 Å². The fraction of sp³-hybridized carbons (Fsp3) is 0.188. The van der Waals surface area contributed by atoms with Crippen molar-refractivity contribution in [3.8, 4) is 0 Å². The predicted molar refractivity (Wildman–Crippen MR) is 76.6 cm³/mol. The summed E-state index contributed by atoms with van der Waals surface area (Å²) in [5.41, 5.74) is 3.53. The van der Waals surface area contributed by atoms with Crippen molar-refractivity contribution in [3.63, 3.8) is 0 Å².